The SMILES string of the molecule is COc1cc2c(cc1OC)[C@@H](c1cccs1)N(C(=O)CNC(=O)C1CCOCC1)CC2. The number of thiophene rings is 1. The van der Waals surface area contributed by atoms with E-state index in [-0.39, 0.29) is 30.3 Å². The van der Waals surface area contributed by atoms with Crippen molar-refractivity contribution in [3.63, 3.8) is 0 Å². The fraction of sp³-hybridized carbons (Fsp3) is 0.478. The van der Waals surface area contributed by atoms with E-state index in [1.54, 1.807) is 25.6 Å². The molecule has 1 aromatic heterocycles. The molecule has 0 radical (unpaired) electrons. The highest BCUT2D eigenvalue weighted by Crippen LogP contribution is 2.42. The highest BCUT2D eigenvalue weighted by Gasteiger charge is 2.34. The highest BCUT2D eigenvalue weighted by molar-refractivity contribution is 7.10. The molecule has 0 saturated carbocycles. The zero-order valence-electron chi connectivity index (χ0n) is 17.9. The van der Waals surface area contributed by atoms with Gasteiger partial charge in [-0.3, -0.25) is 9.59 Å². The predicted molar refractivity (Wildman–Crippen MR) is 118 cm³/mol. The van der Waals surface area contributed by atoms with E-state index in [0.29, 0.717) is 44.1 Å². The summed E-state index contributed by atoms with van der Waals surface area (Å²) in [6.45, 7) is 1.78. The molecule has 0 spiro atoms. The summed E-state index contributed by atoms with van der Waals surface area (Å²) in [5, 5.41) is 4.87. The Morgan fingerprint density at radius 3 is 2.61 bits per heavy atom. The molecule has 166 valence electrons. The normalized spacial score (nSPS) is 18.9. The van der Waals surface area contributed by atoms with Gasteiger partial charge in [0.1, 0.15) is 0 Å². The van der Waals surface area contributed by atoms with Crippen molar-refractivity contribution in [1.82, 2.24) is 10.2 Å². The molecule has 31 heavy (non-hydrogen) atoms. The van der Waals surface area contributed by atoms with Crippen LogP contribution in [0.25, 0.3) is 0 Å². The fourth-order valence-corrected chi connectivity index (χ4v) is 5.19. The van der Waals surface area contributed by atoms with E-state index in [9.17, 15) is 9.59 Å². The monoisotopic (exact) mass is 444 g/mol. The number of fused-ring (bicyclic) bond motifs is 1. The van der Waals surface area contributed by atoms with E-state index in [2.05, 4.69) is 5.32 Å². The van der Waals surface area contributed by atoms with Crippen LogP contribution >= 0.6 is 11.3 Å². The van der Waals surface area contributed by atoms with Crippen molar-refractivity contribution in [2.75, 3.05) is 40.5 Å². The topological polar surface area (TPSA) is 77.1 Å². The van der Waals surface area contributed by atoms with Gasteiger partial charge in [0.05, 0.1) is 26.8 Å². The van der Waals surface area contributed by atoms with Crippen LogP contribution in [0.4, 0.5) is 0 Å². The van der Waals surface area contributed by atoms with Gasteiger partial charge in [-0.25, -0.2) is 0 Å². The summed E-state index contributed by atoms with van der Waals surface area (Å²) in [4.78, 5) is 28.6. The Morgan fingerprint density at radius 2 is 1.94 bits per heavy atom. The molecule has 0 unspecified atom stereocenters. The number of carbonyl (C=O) groups excluding carboxylic acids is 2. The third-order valence-electron chi connectivity index (χ3n) is 6.01. The average Bonchev–Trinajstić information content (AvgIpc) is 3.35. The van der Waals surface area contributed by atoms with Gasteiger partial charge in [-0.15, -0.1) is 11.3 Å². The first-order chi connectivity index (χ1) is 15.1. The van der Waals surface area contributed by atoms with Gasteiger partial charge in [-0.05, 0) is 54.0 Å². The van der Waals surface area contributed by atoms with Gasteiger partial charge in [0.25, 0.3) is 0 Å². The van der Waals surface area contributed by atoms with Gasteiger partial charge in [0.2, 0.25) is 11.8 Å². The van der Waals surface area contributed by atoms with Crippen molar-refractivity contribution in [2.24, 2.45) is 5.92 Å². The lowest BCUT2D eigenvalue weighted by Crippen LogP contribution is -2.46. The van der Waals surface area contributed by atoms with E-state index < -0.39 is 0 Å². The van der Waals surface area contributed by atoms with Gasteiger partial charge in [-0.2, -0.15) is 0 Å². The summed E-state index contributed by atoms with van der Waals surface area (Å²) in [6.07, 6.45) is 2.13. The molecule has 7 nitrogen and oxygen atoms in total. The minimum absolute atomic E-state index is 0.000683. The van der Waals surface area contributed by atoms with Crippen LogP contribution < -0.4 is 14.8 Å². The number of carbonyl (C=O) groups is 2. The van der Waals surface area contributed by atoms with E-state index in [4.69, 9.17) is 14.2 Å². The lowest BCUT2D eigenvalue weighted by atomic mass is 9.90. The lowest BCUT2D eigenvalue weighted by Gasteiger charge is -2.37. The van der Waals surface area contributed by atoms with Crippen molar-refractivity contribution in [2.45, 2.75) is 25.3 Å². The van der Waals surface area contributed by atoms with Crippen LogP contribution in [0.1, 0.15) is 34.9 Å². The molecule has 1 atom stereocenters. The molecule has 2 aromatic rings. The van der Waals surface area contributed by atoms with Crippen LogP contribution in [-0.2, 0) is 20.7 Å². The van der Waals surface area contributed by atoms with Crippen molar-refractivity contribution in [3.8, 4) is 11.5 Å². The number of hydrogen-bond acceptors (Lipinski definition) is 6. The maximum absolute atomic E-state index is 13.2. The third kappa shape index (κ3) is 4.55. The first kappa shape index (κ1) is 21.6. The smallest absolute Gasteiger partial charge is 0.242 e. The third-order valence-corrected chi connectivity index (χ3v) is 6.94. The van der Waals surface area contributed by atoms with E-state index >= 15 is 0 Å². The Morgan fingerprint density at radius 1 is 1.19 bits per heavy atom. The van der Waals surface area contributed by atoms with Gasteiger partial charge < -0.3 is 24.4 Å². The van der Waals surface area contributed by atoms with Crippen molar-refractivity contribution in [1.29, 1.82) is 0 Å². The number of nitrogens with zero attached hydrogens (tertiary/aromatic N) is 1. The van der Waals surface area contributed by atoms with Crippen LogP contribution in [-0.4, -0.2) is 57.2 Å². The first-order valence-corrected chi connectivity index (χ1v) is 11.4. The molecule has 1 aromatic carbocycles. The van der Waals surface area contributed by atoms with Gasteiger partial charge in [-0.1, -0.05) is 6.07 Å². The van der Waals surface area contributed by atoms with Crippen LogP contribution in [0.15, 0.2) is 29.6 Å². The summed E-state index contributed by atoms with van der Waals surface area (Å²) < 4.78 is 16.3. The Balaban J connectivity index is 1.56. The molecule has 1 saturated heterocycles. The van der Waals surface area contributed by atoms with Gasteiger partial charge >= 0.3 is 0 Å². The molecular weight excluding hydrogens is 416 g/mol. The first-order valence-electron chi connectivity index (χ1n) is 10.6. The number of hydrogen-bond donors (Lipinski definition) is 1. The fourth-order valence-electron chi connectivity index (χ4n) is 4.34. The van der Waals surface area contributed by atoms with E-state index in [1.807, 2.05) is 34.5 Å². The zero-order valence-corrected chi connectivity index (χ0v) is 18.7. The molecule has 2 aliphatic heterocycles. The second kappa shape index (κ2) is 9.70. The molecule has 3 heterocycles. The molecule has 8 heteroatoms. The number of nitrogens with one attached hydrogen (secondary N) is 1. The minimum Gasteiger partial charge on any atom is -0.493 e. The van der Waals surface area contributed by atoms with E-state index in [0.717, 1.165) is 22.4 Å². The standard InChI is InChI=1S/C23H28N2O5S/c1-28-18-12-16-5-8-25(21(26)14-24-23(27)15-6-9-30-10-7-15)22(20-4-3-11-31-20)17(16)13-19(18)29-2/h3-4,11-13,15,22H,5-10,14H2,1-2H3,(H,24,27)/t22-/m0/s1. The van der Waals surface area contributed by atoms with Crippen molar-refractivity contribution >= 4 is 23.2 Å². The van der Waals surface area contributed by atoms with Crippen LogP contribution in [0, 0.1) is 5.92 Å². The van der Waals surface area contributed by atoms with Crippen molar-refractivity contribution in [3.05, 3.63) is 45.6 Å². The maximum Gasteiger partial charge on any atom is 0.242 e. The van der Waals surface area contributed by atoms with Crippen molar-refractivity contribution < 1.29 is 23.8 Å². The molecule has 1 N–H and O–H groups in total. The van der Waals surface area contributed by atoms with Crippen LogP contribution in [0.5, 0.6) is 11.5 Å². The number of methoxy groups -OCH3 is 2. The Bertz CT molecular complexity index is 924. The number of rotatable bonds is 6. The number of ether oxygens (including phenoxy) is 3. The predicted octanol–water partition coefficient (Wildman–Crippen LogP) is 2.78. The molecule has 0 bridgehead atoms. The highest BCUT2D eigenvalue weighted by atomic mass is 32.1. The maximum atomic E-state index is 13.2. The van der Waals surface area contributed by atoms with Crippen LogP contribution in [0.3, 0.4) is 0 Å². The second-order valence-electron chi connectivity index (χ2n) is 7.77. The molecule has 2 amide bonds. The summed E-state index contributed by atoms with van der Waals surface area (Å²) >= 11 is 1.62. The quantitative estimate of drug-likeness (QED) is 0.742. The average molecular weight is 445 g/mol. The van der Waals surface area contributed by atoms with E-state index in [1.165, 1.54) is 0 Å². The molecule has 0 aliphatic carbocycles. The number of benzene rings is 1. The largest absolute Gasteiger partial charge is 0.493 e. The summed E-state index contributed by atoms with van der Waals surface area (Å²) in [6, 6.07) is 7.80. The summed E-state index contributed by atoms with van der Waals surface area (Å²) in [5.41, 5.74) is 2.18. The van der Waals surface area contributed by atoms with Gasteiger partial charge in [0.15, 0.2) is 11.5 Å². The number of amides is 2. The minimum atomic E-state index is -0.212. The molecule has 2 aliphatic rings. The Hall–Kier alpha value is -2.58. The second-order valence-corrected chi connectivity index (χ2v) is 8.74. The summed E-state index contributed by atoms with van der Waals surface area (Å²) in [7, 11) is 3.24. The molecule has 1 fully saturated rings. The Kier molecular flexibility index (Phi) is 6.77. The summed E-state index contributed by atoms with van der Waals surface area (Å²) in [5.74, 6) is 1.11. The molecular formula is C23H28N2O5S. The Labute approximate surface area is 186 Å². The lowest BCUT2D eigenvalue weighted by molar-refractivity contribution is -0.136. The zero-order chi connectivity index (χ0) is 21.8. The van der Waals surface area contributed by atoms with Crippen LogP contribution in [0.2, 0.25) is 0 Å². The van der Waals surface area contributed by atoms with Gasteiger partial charge in [0, 0.05) is 30.6 Å². The molecule has 4 rings (SSSR count).